The Labute approximate surface area is 85.4 Å². The quantitative estimate of drug-likeness (QED) is 0.745. The molecule has 13 heavy (non-hydrogen) atoms. The molecule has 2 atom stereocenters. The zero-order valence-corrected chi connectivity index (χ0v) is 9.07. The van der Waals surface area contributed by atoms with Gasteiger partial charge in [-0.05, 0) is 13.3 Å². The number of hydrogen-bond acceptors (Lipinski definition) is 3. The van der Waals surface area contributed by atoms with Crippen LogP contribution in [0.4, 0.5) is 0 Å². The molecule has 0 aliphatic carbocycles. The van der Waals surface area contributed by atoms with E-state index in [-0.39, 0.29) is 4.83 Å². The summed E-state index contributed by atoms with van der Waals surface area (Å²) in [6.07, 6.45) is 3.03. The first-order valence-electron chi connectivity index (χ1n) is 4.41. The predicted molar refractivity (Wildman–Crippen MR) is 51.8 cm³/mol. The van der Waals surface area contributed by atoms with Crippen molar-refractivity contribution in [2.24, 2.45) is 0 Å². The van der Waals surface area contributed by atoms with Gasteiger partial charge in [0.15, 0.2) is 0 Å². The fraction of sp³-hybridized carbons (Fsp3) is 0.750. The summed E-state index contributed by atoms with van der Waals surface area (Å²) >= 11 is 3.46. The first-order valence-corrected chi connectivity index (χ1v) is 5.32. The highest BCUT2D eigenvalue weighted by molar-refractivity contribution is 9.09. The van der Waals surface area contributed by atoms with Crippen molar-refractivity contribution in [3.63, 3.8) is 0 Å². The second kappa shape index (κ2) is 3.75. The molecule has 0 aromatic carbocycles. The van der Waals surface area contributed by atoms with E-state index in [4.69, 9.17) is 4.74 Å². The van der Waals surface area contributed by atoms with Crippen LogP contribution < -0.4 is 0 Å². The van der Waals surface area contributed by atoms with E-state index in [9.17, 15) is 0 Å². The molecule has 1 aromatic heterocycles. The SMILES string of the molecule is CC(Br)c1cn(C2CCOC2)nn1. The van der Waals surface area contributed by atoms with E-state index < -0.39 is 0 Å². The van der Waals surface area contributed by atoms with Gasteiger partial charge < -0.3 is 4.74 Å². The number of halogens is 1. The third-order valence-electron chi connectivity index (χ3n) is 2.22. The highest BCUT2D eigenvalue weighted by atomic mass is 79.9. The van der Waals surface area contributed by atoms with Crippen molar-refractivity contribution >= 4 is 15.9 Å². The third-order valence-corrected chi connectivity index (χ3v) is 2.68. The standard InChI is InChI=1S/C8H12BrN3O/c1-6(9)8-4-12(11-10-8)7-2-3-13-5-7/h4,6-7H,2-3,5H2,1H3. The van der Waals surface area contributed by atoms with Crippen LogP contribution in [0.15, 0.2) is 6.20 Å². The van der Waals surface area contributed by atoms with Crippen LogP contribution in [0.25, 0.3) is 0 Å². The van der Waals surface area contributed by atoms with Crippen LogP contribution in [0.2, 0.25) is 0 Å². The van der Waals surface area contributed by atoms with Crippen LogP contribution >= 0.6 is 15.9 Å². The third kappa shape index (κ3) is 1.91. The summed E-state index contributed by atoms with van der Waals surface area (Å²) in [7, 11) is 0. The van der Waals surface area contributed by atoms with Gasteiger partial charge in [0.25, 0.3) is 0 Å². The van der Waals surface area contributed by atoms with Gasteiger partial charge in [0.2, 0.25) is 0 Å². The normalized spacial score (nSPS) is 24.9. The molecule has 2 rings (SSSR count). The first kappa shape index (κ1) is 9.15. The highest BCUT2D eigenvalue weighted by Gasteiger charge is 2.19. The minimum Gasteiger partial charge on any atom is -0.379 e. The Morgan fingerprint density at radius 2 is 2.62 bits per heavy atom. The molecule has 4 nitrogen and oxygen atoms in total. The molecule has 1 aliphatic heterocycles. The second-order valence-corrected chi connectivity index (χ2v) is 4.63. The number of ether oxygens (including phenoxy) is 1. The maximum absolute atomic E-state index is 5.28. The van der Waals surface area contributed by atoms with E-state index >= 15 is 0 Å². The summed E-state index contributed by atoms with van der Waals surface area (Å²) < 4.78 is 7.18. The van der Waals surface area contributed by atoms with Crippen molar-refractivity contribution < 1.29 is 4.74 Å². The van der Waals surface area contributed by atoms with Gasteiger partial charge in [0, 0.05) is 12.8 Å². The Bertz CT molecular complexity index is 281. The van der Waals surface area contributed by atoms with Crippen molar-refractivity contribution in [2.75, 3.05) is 13.2 Å². The first-order chi connectivity index (χ1) is 6.27. The second-order valence-electron chi connectivity index (χ2n) is 3.26. The fourth-order valence-electron chi connectivity index (χ4n) is 1.38. The van der Waals surface area contributed by atoms with E-state index in [2.05, 4.69) is 26.2 Å². The molecule has 0 amide bonds. The van der Waals surface area contributed by atoms with E-state index in [1.807, 2.05) is 17.8 Å². The maximum Gasteiger partial charge on any atom is 0.0960 e. The number of alkyl halides is 1. The van der Waals surface area contributed by atoms with Gasteiger partial charge in [-0.2, -0.15) is 0 Å². The largest absolute Gasteiger partial charge is 0.379 e. The molecule has 0 radical (unpaired) electrons. The average Bonchev–Trinajstić information content (AvgIpc) is 2.75. The Morgan fingerprint density at radius 3 is 3.15 bits per heavy atom. The van der Waals surface area contributed by atoms with Crippen molar-refractivity contribution in [3.05, 3.63) is 11.9 Å². The lowest BCUT2D eigenvalue weighted by Gasteiger charge is -2.05. The zero-order valence-electron chi connectivity index (χ0n) is 7.48. The minimum absolute atomic E-state index is 0.267. The molecule has 1 saturated heterocycles. The summed E-state index contributed by atoms with van der Waals surface area (Å²) in [6, 6.07) is 0.382. The van der Waals surface area contributed by atoms with Crippen LogP contribution in [-0.4, -0.2) is 28.2 Å². The summed E-state index contributed by atoms with van der Waals surface area (Å²) in [6.45, 7) is 3.64. The van der Waals surface area contributed by atoms with Gasteiger partial charge in [0.1, 0.15) is 0 Å². The lowest BCUT2D eigenvalue weighted by molar-refractivity contribution is 0.184. The van der Waals surface area contributed by atoms with E-state index in [0.29, 0.717) is 6.04 Å². The minimum atomic E-state index is 0.267. The van der Waals surface area contributed by atoms with Crippen molar-refractivity contribution in [1.29, 1.82) is 0 Å². The molecule has 2 heterocycles. The molecule has 0 saturated carbocycles. The monoisotopic (exact) mass is 245 g/mol. The molecule has 1 aromatic rings. The Kier molecular flexibility index (Phi) is 2.64. The van der Waals surface area contributed by atoms with Crippen LogP contribution in [0.5, 0.6) is 0 Å². The van der Waals surface area contributed by atoms with E-state index in [1.54, 1.807) is 0 Å². The molecule has 1 fully saturated rings. The lowest BCUT2D eigenvalue weighted by atomic mass is 10.3. The van der Waals surface area contributed by atoms with Crippen molar-refractivity contribution in [1.82, 2.24) is 15.0 Å². The topological polar surface area (TPSA) is 39.9 Å². The summed E-state index contributed by atoms with van der Waals surface area (Å²) in [5, 5.41) is 8.15. The molecule has 1 aliphatic rings. The Balaban J connectivity index is 2.12. The van der Waals surface area contributed by atoms with Crippen LogP contribution in [0.3, 0.4) is 0 Å². The summed E-state index contributed by atoms with van der Waals surface area (Å²) in [4.78, 5) is 0.267. The fourth-order valence-corrected chi connectivity index (χ4v) is 1.59. The molecule has 0 spiro atoms. The van der Waals surface area contributed by atoms with Crippen LogP contribution in [-0.2, 0) is 4.74 Å². The number of aromatic nitrogens is 3. The predicted octanol–water partition coefficient (Wildman–Crippen LogP) is 1.70. The maximum atomic E-state index is 5.28. The molecular formula is C8H12BrN3O. The van der Waals surface area contributed by atoms with Crippen molar-refractivity contribution in [3.8, 4) is 0 Å². The highest BCUT2D eigenvalue weighted by Crippen LogP contribution is 2.22. The number of nitrogens with zero attached hydrogens (tertiary/aromatic N) is 3. The molecule has 0 N–H and O–H groups in total. The van der Waals surface area contributed by atoms with Crippen molar-refractivity contribution in [2.45, 2.75) is 24.2 Å². The summed E-state index contributed by atoms with van der Waals surface area (Å²) in [5.74, 6) is 0. The van der Waals surface area contributed by atoms with Gasteiger partial charge in [0.05, 0.1) is 23.2 Å². The molecule has 0 bridgehead atoms. The number of hydrogen-bond donors (Lipinski definition) is 0. The van der Waals surface area contributed by atoms with Gasteiger partial charge in [-0.1, -0.05) is 21.1 Å². The molecular weight excluding hydrogens is 234 g/mol. The van der Waals surface area contributed by atoms with Crippen LogP contribution in [0.1, 0.15) is 29.9 Å². The lowest BCUT2D eigenvalue weighted by Crippen LogP contribution is -2.08. The van der Waals surface area contributed by atoms with Gasteiger partial charge in [-0.15, -0.1) is 5.10 Å². The van der Waals surface area contributed by atoms with E-state index in [1.165, 1.54) is 0 Å². The molecule has 5 heteroatoms. The smallest absolute Gasteiger partial charge is 0.0960 e. The Morgan fingerprint density at radius 1 is 1.77 bits per heavy atom. The van der Waals surface area contributed by atoms with Gasteiger partial charge >= 0.3 is 0 Å². The number of rotatable bonds is 2. The summed E-state index contributed by atoms with van der Waals surface area (Å²) in [5.41, 5.74) is 0.979. The van der Waals surface area contributed by atoms with Gasteiger partial charge in [-0.3, -0.25) is 0 Å². The van der Waals surface area contributed by atoms with Crippen LogP contribution in [0, 0.1) is 0 Å². The zero-order chi connectivity index (χ0) is 9.26. The average molecular weight is 246 g/mol. The Hall–Kier alpha value is -0.420. The van der Waals surface area contributed by atoms with E-state index in [0.717, 1.165) is 25.3 Å². The molecule has 2 unspecified atom stereocenters. The van der Waals surface area contributed by atoms with Gasteiger partial charge in [-0.25, -0.2) is 4.68 Å². The molecule has 72 valence electrons.